The van der Waals surface area contributed by atoms with Gasteiger partial charge in [0.1, 0.15) is 0 Å². The molecule has 3 nitrogen and oxygen atoms in total. The van der Waals surface area contributed by atoms with Gasteiger partial charge < -0.3 is 0 Å². The van der Waals surface area contributed by atoms with Crippen LogP contribution >= 0.6 is 0 Å². The highest BCUT2D eigenvalue weighted by molar-refractivity contribution is 5.41. The van der Waals surface area contributed by atoms with Crippen LogP contribution in [0.1, 0.15) is 24.4 Å². The van der Waals surface area contributed by atoms with Crippen LogP contribution < -0.4 is 5.32 Å². The third kappa shape index (κ3) is 3.06. The van der Waals surface area contributed by atoms with Gasteiger partial charge in [-0.15, -0.1) is 0 Å². The quantitative estimate of drug-likeness (QED) is 0.717. The summed E-state index contributed by atoms with van der Waals surface area (Å²) in [6.07, 6.45) is 2.38. The maximum Gasteiger partial charge on any atom is 0.0857 e. The molecule has 0 saturated carbocycles. The Bertz CT molecular complexity index is 540. The third-order valence-corrected chi connectivity index (χ3v) is 3.30. The molecule has 3 heteroatoms. The van der Waals surface area contributed by atoms with Gasteiger partial charge in [0.25, 0.3) is 0 Å². The van der Waals surface area contributed by atoms with Gasteiger partial charge in [0.2, 0.25) is 0 Å². The summed E-state index contributed by atoms with van der Waals surface area (Å²) in [4.78, 5) is 0. The fourth-order valence-corrected chi connectivity index (χ4v) is 2.27. The van der Waals surface area contributed by atoms with Crippen molar-refractivity contribution in [3.05, 3.63) is 60.2 Å². The molecule has 1 saturated heterocycles. The van der Waals surface area contributed by atoms with Gasteiger partial charge >= 0.3 is 0 Å². The number of azo groups is 1. The molecule has 0 N–H and O–H groups in total. The van der Waals surface area contributed by atoms with Crippen LogP contribution in [0.2, 0.25) is 0 Å². The molecule has 1 heterocycles. The third-order valence-electron chi connectivity index (χ3n) is 3.30. The van der Waals surface area contributed by atoms with E-state index in [2.05, 4.69) is 27.7 Å². The molecule has 0 aliphatic carbocycles. The molecular formula is C16H16N3. The van der Waals surface area contributed by atoms with Crippen LogP contribution in [0.3, 0.4) is 0 Å². The van der Waals surface area contributed by atoms with Crippen LogP contribution in [0.4, 0.5) is 11.4 Å². The Balaban J connectivity index is 1.70. The van der Waals surface area contributed by atoms with Crippen molar-refractivity contribution < 1.29 is 0 Å². The Labute approximate surface area is 113 Å². The Morgan fingerprint density at radius 1 is 0.842 bits per heavy atom. The van der Waals surface area contributed by atoms with Crippen molar-refractivity contribution in [3.8, 4) is 0 Å². The average molecular weight is 250 g/mol. The van der Waals surface area contributed by atoms with Crippen molar-refractivity contribution in [3.63, 3.8) is 0 Å². The Kier molecular flexibility index (Phi) is 3.65. The van der Waals surface area contributed by atoms with Gasteiger partial charge in [0.15, 0.2) is 0 Å². The van der Waals surface area contributed by atoms with Crippen LogP contribution in [0.15, 0.2) is 64.8 Å². The van der Waals surface area contributed by atoms with E-state index in [0.717, 1.165) is 17.9 Å². The van der Waals surface area contributed by atoms with E-state index in [-0.39, 0.29) is 0 Å². The molecule has 1 aliphatic heterocycles. The second-order valence-corrected chi connectivity index (χ2v) is 4.69. The van der Waals surface area contributed by atoms with Crippen molar-refractivity contribution in [2.45, 2.75) is 18.9 Å². The molecule has 3 rings (SSSR count). The van der Waals surface area contributed by atoms with E-state index >= 15 is 0 Å². The number of rotatable bonds is 3. The second-order valence-electron chi connectivity index (χ2n) is 4.69. The van der Waals surface area contributed by atoms with E-state index in [4.69, 9.17) is 0 Å². The van der Waals surface area contributed by atoms with Crippen LogP contribution in [0, 0.1) is 0 Å². The summed E-state index contributed by atoms with van der Waals surface area (Å²) in [5, 5.41) is 13.0. The predicted molar refractivity (Wildman–Crippen MR) is 76.0 cm³/mol. The van der Waals surface area contributed by atoms with E-state index < -0.39 is 0 Å². The Hall–Kier alpha value is -2.00. The fraction of sp³-hybridized carbons (Fsp3) is 0.250. The standard InChI is InChI=1S/C16H16N3/c1-2-5-14(6-3-1)18-19-15-10-8-13(9-11-15)16-7-4-12-17-16/h1-3,5-6,8-11,16H,4,7,12H2. The molecule has 0 spiro atoms. The van der Waals surface area contributed by atoms with Crippen LogP contribution in [0.5, 0.6) is 0 Å². The van der Waals surface area contributed by atoms with E-state index in [1.807, 2.05) is 42.5 Å². The molecule has 1 fully saturated rings. The second kappa shape index (κ2) is 5.76. The minimum Gasteiger partial charge on any atom is -0.234 e. The minimum absolute atomic E-state index is 0.389. The summed E-state index contributed by atoms with van der Waals surface area (Å²) in [5.74, 6) is 0. The Morgan fingerprint density at radius 2 is 1.53 bits per heavy atom. The van der Waals surface area contributed by atoms with Crippen molar-refractivity contribution >= 4 is 11.4 Å². The summed E-state index contributed by atoms with van der Waals surface area (Å²) < 4.78 is 0. The highest BCUT2D eigenvalue weighted by Crippen LogP contribution is 2.26. The average Bonchev–Trinajstić information content (AvgIpc) is 3.01. The van der Waals surface area contributed by atoms with Crippen molar-refractivity contribution in [1.29, 1.82) is 0 Å². The van der Waals surface area contributed by atoms with Crippen molar-refractivity contribution in [2.75, 3.05) is 6.54 Å². The smallest absolute Gasteiger partial charge is 0.0857 e. The summed E-state index contributed by atoms with van der Waals surface area (Å²) in [6, 6.07) is 18.4. The first-order valence-corrected chi connectivity index (χ1v) is 6.65. The first-order valence-electron chi connectivity index (χ1n) is 6.65. The van der Waals surface area contributed by atoms with Crippen molar-refractivity contribution in [2.24, 2.45) is 10.2 Å². The number of benzene rings is 2. The topological polar surface area (TPSA) is 38.8 Å². The lowest BCUT2D eigenvalue weighted by Crippen LogP contribution is -2.04. The highest BCUT2D eigenvalue weighted by atomic mass is 15.1. The molecule has 2 aromatic rings. The molecule has 95 valence electrons. The number of hydrogen-bond donors (Lipinski definition) is 0. The van der Waals surface area contributed by atoms with E-state index in [1.165, 1.54) is 18.4 Å². The number of hydrogen-bond acceptors (Lipinski definition) is 2. The molecule has 1 atom stereocenters. The molecule has 1 unspecified atom stereocenters. The SMILES string of the molecule is c1ccc(N=Nc2ccc(C3CCC[N]3)cc2)cc1. The molecule has 19 heavy (non-hydrogen) atoms. The Morgan fingerprint density at radius 3 is 2.16 bits per heavy atom. The summed E-state index contributed by atoms with van der Waals surface area (Å²) in [6.45, 7) is 1.00. The van der Waals surface area contributed by atoms with Crippen LogP contribution in [0.25, 0.3) is 0 Å². The lowest BCUT2D eigenvalue weighted by atomic mass is 10.1. The fourth-order valence-electron chi connectivity index (χ4n) is 2.27. The maximum atomic E-state index is 4.58. The molecule has 1 radical (unpaired) electrons. The summed E-state index contributed by atoms with van der Waals surface area (Å²) in [5.41, 5.74) is 3.04. The largest absolute Gasteiger partial charge is 0.234 e. The zero-order chi connectivity index (χ0) is 12.9. The van der Waals surface area contributed by atoms with Gasteiger partial charge in [-0.1, -0.05) is 30.3 Å². The molecule has 0 bridgehead atoms. The van der Waals surface area contributed by atoms with Crippen molar-refractivity contribution in [1.82, 2.24) is 5.32 Å². The van der Waals surface area contributed by atoms with E-state index in [9.17, 15) is 0 Å². The van der Waals surface area contributed by atoms with Gasteiger partial charge in [0.05, 0.1) is 11.4 Å². The first kappa shape index (κ1) is 12.1. The first-order chi connectivity index (χ1) is 9.42. The van der Waals surface area contributed by atoms with E-state index in [1.54, 1.807) is 0 Å². The van der Waals surface area contributed by atoms with E-state index in [0.29, 0.717) is 6.04 Å². The molecule has 0 amide bonds. The monoisotopic (exact) mass is 250 g/mol. The van der Waals surface area contributed by atoms with Gasteiger partial charge in [0, 0.05) is 12.6 Å². The van der Waals surface area contributed by atoms with Crippen LogP contribution in [-0.2, 0) is 0 Å². The lowest BCUT2D eigenvalue weighted by Gasteiger charge is -2.08. The van der Waals surface area contributed by atoms with Crippen LogP contribution in [-0.4, -0.2) is 6.54 Å². The highest BCUT2D eigenvalue weighted by Gasteiger charge is 2.16. The molecule has 0 aromatic heterocycles. The lowest BCUT2D eigenvalue weighted by molar-refractivity contribution is 0.635. The minimum atomic E-state index is 0.389. The summed E-state index contributed by atoms with van der Waals surface area (Å²) in [7, 11) is 0. The van der Waals surface area contributed by atoms with Gasteiger partial charge in [-0.2, -0.15) is 10.2 Å². The zero-order valence-electron chi connectivity index (χ0n) is 10.7. The predicted octanol–water partition coefficient (Wildman–Crippen LogP) is 4.54. The van der Waals surface area contributed by atoms with Gasteiger partial charge in [-0.05, 0) is 42.7 Å². The number of nitrogens with zero attached hydrogens (tertiary/aromatic N) is 3. The molecule has 2 aromatic carbocycles. The maximum absolute atomic E-state index is 4.58. The molecular weight excluding hydrogens is 234 g/mol. The zero-order valence-corrected chi connectivity index (χ0v) is 10.7. The molecule has 1 aliphatic rings. The summed E-state index contributed by atoms with van der Waals surface area (Å²) >= 11 is 0. The van der Waals surface area contributed by atoms with Gasteiger partial charge in [-0.25, -0.2) is 5.32 Å². The normalized spacial score (nSPS) is 19.1. The van der Waals surface area contributed by atoms with Gasteiger partial charge in [-0.3, -0.25) is 0 Å².